The van der Waals surface area contributed by atoms with Crippen LogP contribution in [0.25, 0.3) is 11.1 Å². The van der Waals surface area contributed by atoms with Gasteiger partial charge in [-0.1, -0.05) is 48.5 Å². The maximum Gasteiger partial charge on any atom is 0.295 e. The Morgan fingerprint density at radius 1 is 0.905 bits per heavy atom. The monoisotopic (exact) mass is 308 g/mol. The highest BCUT2D eigenvalue weighted by Crippen LogP contribution is 2.26. The zero-order chi connectivity index (χ0) is 15.7. The first kappa shape index (κ1) is 17.4. The molecule has 2 aromatic carbocycles. The lowest BCUT2D eigenvalue weighted by atomic mass is 10.1. The van der Waals surface area contributed by atoms with Crippen molar-refractivity contribution in [1.82, 2.24) is 0 Å². The topological polar surface area (TPSA) is 63.6 Å². The SMILES string of the molecule is CCOCC.O=S(=O)(O)c1ccccc1-c1ccccc1. The van der Waals surface area contributed by atoms with Gasteiger partial charge in [-0.25, -0.2) is 0 Å². The highest BCUT2D eigenvalue weighted by Gasteiger charge is 2.15. The van der Waals surface area contributed by atoms with Crippen molar-refractivity contribution in [3.05, 3.63) is 54.6 Å². The molecule has 0 fully saturated rings. The first-order chi connectivity index (χ1) is 10.0. The van der Waals surface area contributed by atoms with Crippen LogP contribution in [0.15, 0.2) is 59.5 Å². The molecule has 0 bridgehead atoms. The second kappa shape index (κ2) is 8.56. The molecule has 0 amide bonds. The molecule has 0 atom stereocenters. The van der Waals surface area contributed by atoms with Crippen LogP contribution < -0.4 is 0 Å². The lowest BCUT2D eigenvalue weighted by Crippen LogP contribution is -2.00. The molecule has 0 aliphatic carbocycles. The minimum absolute atomic E-state index is 0.0683. The van der Waals surface area contributed by atoms with Crippen LogP contribution in [0.2, 0.25) is 0 Å². The second-order valence-corrected chi connectivity index (χ2v) is 5.51. The average Bonchev–Trinajstić information content (AvgIpc) is 2.49. The average molecular weight is 308 g/mol. The Balaban J connectivity index is 0.000000383. The Bertz CT molecular complexity index is 634. The number of hydrogen-bond donors (Lipinski definition) is 1. The van der Waals surface area contributed by atoms with Gasteiger partial charge in [-0.2, -0.15) is 8.42 Å². The van der Waals surface area contributed by atoms with Crippen LogP contribution in [0.5, 0.6) is 0 Å². The molecule has 0 unspecified atom stereocenters. The van der Waals surface area contributed by atoms with Crippen LogP contribution in [-0.4, -0.2) is 26.2 Å². The van der Waals surface area contributed by atoms with Gasteiger partial charge in [0.05, 0.1) is 0 Å². The maximum atomic E-state index is 11.2. The van der Waals surface area contributed by atoms with E-state index in [4.69, 9.17) is 9.29 Å². The van der Waals surface area contributed by atoms with E-state index >= 15 is 0 Å². The summed E-state index contributed by atoms with van der Waals surface area (Å²) >= 11 is 0. The quantitative estimate of drug-likeness (QED) is 0.876. The lowest BCUT2D eigenvalue weighted by Gasteiger charge is -2.06. The second-order valence-electron chi connectivity index (χ2n) is 4.12. The van der Waals surface area contributed by atoms with Crippen LogP contribution in [0, 0.1) is 0 Å². The zero-order valence-corrected chi connectivity index (χ0v) is 13.0. The van der Waals surface area contributed by atoms with Gasteiger partial charge in [0.2, 0.25) is 0 Å². The molecule has 2 rings (SSSR count). The van der Waals surface area contributed by atoms with E-state index < -0.39 is 10.1 Å². The van der Waals surface area contributed by atoms with Crippen LogP contribution in [0.1, 0.15) is 13.8 Å². The van der Waals surface area contributed by atoms with Gasteiger partial charge in [-0.05, 0) is 25.5 Å². The van der Waals surface area contributed by atoms with Gasteiger partial charge in [0, 0.05) is 18.8 Å². The van der Waals surface area contributed by atoms with Crippen molar-refractivity contribution in [2.24, 2.45) is 0 Å². The predicted molar refractivity (Wildman–Crippen MR) is 83.9 cm³/mol. The molecular weight excluding hydrogens is 288 g/mol. The molecule has 5 heteroatoms. The van der Waals surface area contributed by atoms with E-state index in [0.29, 0.717) is 5.56 Å². The van der Waals surface area contributed by atoms with Crippen molar-refractivity contribution >= 4 is 10.1 Å². The Kier molecular flexibility index (Phi) is 7.08. The number of hydrogen-bond acceptors (Lipinski definition) is 3. The third-order valence-electron chi connectivity index (χ3n) is 2.66. The molecule has 0 aliphatic heterocycles. The molecule has 1 N–H and O–H groups in total. The maximum absolute atomic E-state index is 11.2. The van der Waals surface area contributed by atoms with Crippen LogP contribution in [0.4, 0.5) is 0 Å². The summed E-state index contributed by atoms with van der Waals surface area (Å²) in [7, 11) is -4.18. The largest absolute Gasteiger partial charge is 0.382 e. The minimum atomic E-state index is -4.18. The van der Waals surface area contributed by atoms with Crippen LogP contribution >= 0.6 is 0 Å². The van der Waals surface area contributed by atoms with Crippen molar-refractivity contribution in [1.29, 1.82) is 0 Å². The van der Waals surface area contributed by atoms with E-state index in [1.165, 1.54) is 6.07 Å². The summed E-state index contributed by atoms with van der Waals surface area (Å²) in [6, 6.07) is 15.4. The van der Waals surface area contributed by atoms with Gasteiger partial charge >= 0.3 is 0 Å². The smallest absolute Gasteiger partial charge is 0.295 e. The fourth-order valence-electron chi connectivity index (χ4n) is 1.75. The fourth-order valence-corrected chi connectivity index (χ4v) is 2.47. The van der Waals surface area contributed by atoms with Crippen molar-refractivity contribution in [3.8, 4) is 11.1 Å². The first-order valence-electron chi connectivity index (χ1n) is 6.70. The Morgan fingerprint density at radius 2 is 1.43 bits per heavy atom. The molecule has 0 aromatic heterocycles. The molecule has 21 heavy (non-hydrogen) atoms. The molecule has 0 saturated heterocycles. The molecule has 0 radical (unpaired) electrons. The van der Waals surface area contributed by atoms with Gasteiger partial charge in [-0.15, -0.1) is 0 Å². The molecule has 114 valence electrons. The number of rotatable bonds is 4. The highest BCUT2D eigenvalue weighted by molar-refractivity contribution is 7.86. The third-order valence-corrected chi connectivity index (χ3v) is 3.57. The molecule has 0 aliphatic rings. The van der Waals surface area contributed by atoms with E-state index in [9.17, 15) is 8.42 Å². The van der Waals surface area contributed by atoms with Crippen molar-refractivity contribution in [3.63, 3.8) is 0 Å². The van der Waals surface area contributed by atoms with Gasteiger partial charge in [0.1, 0.15) is 4.90 Å². The first-order valence-corrected chi connectivity index (χ1v) is 8.14. The van der Waals surface area contributed by atoms with Crippen molar-refractivity contribution in [2.75, 3.05) is 13.2 Å². The third kappa shape index (κ3) is 5.67. The van der Waals surface area contributed by atoms with E-state index in [0.717, 1.165) is 18.8 Å². The van der Waals surface area contributed by atoms with Crippen LogP contribution in [-0.2, 0) is 14.9 Å². The number of ether oxygens (including phenoxy) is 1. The van der Waals surface area contributed by atoms with E-state index in [2.05, 4.69) is 0 Å². The Hall–Kier alpha value is -1.69. The Labute approximate surface area is 126 Å². The molecule has 2 aromatic rings. The van der Waals surface area contributed by atoms with Crippen molar-refractivity contribution < 1.29 is 17.7 Å². The summed E-state index contributed by atoms with van der Waals surface area (Å²) in [6.45, 7) is 5.67. The number of benzene rings is 2. The highest BCUT2D eigenvalue weighted by atomic mass is 32.2. The lowest BCUT2D eigenvalue weighted by molar-refractivity contribution is 0.162. The zero-order valence-electron chi connectivity index (χ0n) is 12.2. The van der Waals surface area contributed by atoms with Crippen molar-refractivity contribution in [2.45, 2.75) is 18.7 Å². The summed E-state index contributed by atoms with van der Waals surface area (Å²) in [5.41, 5.74) is 1.27. The molecule has 0 saturated carbocycles. The summed E-state index contributed by atoms with van der Waals surface area (Å²) < 4.78 is 36.3. The summed E-state index contributed by atoms with van der Waals surface area (Å²) in [5, 5.41) is 0. The fraction of sp³-hybridized carbons (Fsp3) is 0.250. The summed E-state index contributed by atoms with van der Waals surface area (Å²) in [4.78, 5) is -0.0683. The van der Waals surface area contributed by atoms with Gasteiger partial charge in [0.15, 0.2) is 0 Å². The molecule has 4 nitrogen and oxygen atoms in total. The van der Waals surface area contributed by atoms with Gasteiger partial charge in [0.25, 0.3) is 10.1 Å². The summed E-state index contributed by atoms with van der Waals surface area (Å²) in [6.07, 6.45) is 0. The van der Waals surface area contributed by atoms with E-state index in [1.807, 2.05) is 32.0 Å². The Morgan fingerprint density at radius 3 is 1.90 bits per heavy atom. The molecule has 0 heterocycles. The summed E-state index contributed by atoms with van der Waals surface area (Å²) in [5.74, 6) is 0. The minimum Gasteiger partial charge on any atom is -0.382 e. The van der Waals surface area contributed by atoms with Gasteiger partial charge in [-0.3, -0.25) is 4.55 Å². The van der Waals surface area contributed by atoms with E-state index in [1.54, 1.807) is 30.3 Å². The van der Waals surface area contributed by atoms with Crippen LogP contribution in [0.3, 0.4) is 0 Å². The standard InChI is InChI=1S/C12H10O3S.C4H10O/c13-16(14,15)12-9-5-4-8-11(12)10-6-2-1-3-7-10;1-3-5-4-2/h1-9H,(H,13,14,15);3-4H2,1-2H3. The molecule has 0 spiro atoms. The van der Waals surface area contributed by atoms with Gasteiger partial charge < -0.3 is 4.74 Å². The predicted octanol–water partition coefficient (Wildman–Crippen LogP) is 3.64. The normalized spacial score (nSPS) is 10.6. The van der Waals surface area contributed by atoms with E-state index in [-0.39, 0.29) is 4.90 Å². The molecular formula is C16H20O4S.